The van der Waals surface area contributed by atoms with Crippen molar-refractivity contribution in [3.63, 3.8) is 0 Å². The lowest BCUT2D eigenvalue weighted by Crippen LogP contribution is -2.54. The van der Waals surface area contributed by atoms with Gasteiger partial charge in [0.1, 0.15) is 16.9 Å². The lowest BCUT2D eigenvalue weighted by Gasteiger charge is -2.36. The number of ether oxygens (including phenoxy) is 2. The van der Waals surface area contributed by atoms with E-state index in [9.17, 15) is 23.9 Å². The molecule has 0 unspecified atom stereocenters. The fourth-order valence-electron chi connectivity index (χ4n) is 3.94. The molecule has 2 aromatic heterocycles. The summed E-state index contributed by atoms with van der Waals surface area (Å²) in [7, 11) is 1.44. The van der Waals surface area contributed by atoms with Gasteiger partial charge in [-0.3, -0.25) is 19.1 Å². The van der Waals surface area contributed by atoms with Gasteiger partial charge in [-0.15, -0.1) is 0 Å². The number of hydrogen-bond acceptors (Lipinski definition) is 7. The number of halogens is 1. The minimum atomic E-state index is -1.49. The van der Waals surface area contributed by atoms with Gasteiger partial charge < -0.3 is 19.9 Å². The average molecular weight is 455 g/mol. The number of aromatic hydroxyl groups is 1. The number of nitrogens with one attached hydrogen (secondary N) is 1. The van der Waals surface area contributed by atoms with Crippen LogP contribution in [0.4, 0.5) is 4.39 Å². The Morgan fingerprint density at radius 2 is 2.03 bits per heavy atom. The molecule has 0 saturated heterocycles. The van der Waals surface area contributed by atoms with Crippen molar-refractivity contribution in [2.75, 3.05) is 13.7 Å². The third kappa shape index (κ3) is 3.67. The quantitative estimate of drug-likeness (QED) is 0.564. The molecule has 9 nitrogen and oxygen atoms in total. The Balaban J connectivity index is 1.99. The molecule has 1 aromatic carbocycles. The van der Waals surface area contributed by atoms with Crippen molar-refractivity contribution >= 4 is 22.9 Å². The Morgan fingerprint density at radius 3 is 2.67 bits per heavy atom. The molecule has 1 aliphatic heterocycles. The van der Waals surface area contributed by atoms with Crippen LogP contribution >= 0.6 is 0 Å². The highest BCUT2D eigenvalue weighted by Crippen LogP contribution is 2.40. The van der Waals surface area contributed by atoms with E-state index in [0.29, 0.717) is 5.56 Å². The minimum absolute atomic E-state index is 0.00407. The molecule has 3 aromatic rings. The zero-order valence-corrected chi connectivity index (χ0v) is 18.3. The smallest absolute Gasteiger partial charge is 0.347 e. The van der Waals surface area contributed by atoms with Crippen molar-refractivity contribution in [3.8, 4) is 11.5 Å². The molecule has 0 bridgehead atoms. The Labute approximate surface area is 187 Å². The number of rotatable bonds is 5. The number of likely N-dealkylation sites (N-methyl/N-ethyl adjacent to an activating group) is 1. The molecule has 1 aliphatic rings. The van der Waals surface area contributed by atoms with Gasteiger partial charge in [0.15, 0.2) is 17.1 Å². The molecule has 0 fully saturated rings. The standard InChI is InChI=1S/C23H22FN3O6/c1-4-32-21(30)15-18(28)16-17-19(13(10-26-16)9-12-5-7-14(24)8-6-12)33-23(2,22(31)25-3)11-27(17)20(15)29/h5-8,10,28H,4,9,11H2,1-3H3,(H,25,31)/t23-/m1/s1. The van der Waals surface area contributed by atoms with Crippen LogP contribution in [-0.2, 0) is 22.5 Å². The number of esters is 1. The van der Waals surface area contributed by atoms with Crippen LogP contribution in [0.3, 0.4) is 0 Å². The first-order valence-electron chi connectivity index (χ1n) is 10.3. The van der Waals surface area contributed by atoms with Crippen molar-refractivity contribution in [1.29, 1.82) is 0 Å². The van der Waals surface area contributed by atoms with Gasteiger partial charge in [0, 0.05) is 25.2 Å². The molecular weight excluding hydrogens is 433 g/mol. The number of carbonyl (C=O) groups excluding carboxylic acids is 2. The predicted octanol–water partition coefficient (Wildman–Crippen LogP) is 1.91. The van der Waals surface area contributed by atoms with E-state index < -0.39 is 34.3 Å². The van der Waals surface area contributed by atoms with Gasteiger partial charge in [-0.2, -0.15) is 0 Å². The first-order chi connectivity index (χ1) is 15.7. The van der Waals surface area contributed by atoms with Gasteiger partial charge in [-0.25, -0.2) is 9.18 Å². The fourth-order valence-corrected chi connectivity index (χ4v) is 3.94. The topological polar surface area (TPSA) is 120 Å². The van der Waals surface area contributed by atoms with E-state index >= 15 is 0 Å². The summed E-state index contributed by atoms with van der Waals surface area (Å²) in [5, 5.41) is 13.3. The van der Waals surface area contributed by atoms with Crippen molar-refractivity contribution in [2.24, 2.45) is 0 Å². The molecule has 0 spiro atoms. The van der Waals surface area contributed by atoms with Crippen LogP contribution in [0.1, 0.15) is 35.3 Å². The van der Waals surface area contributed by atoms with Crippen molar-refractivity contribution in [1.82, 2.24) is 14.9 Å². The SMILES string of the molecule is CCOC(=O)c1c(O)c2ncc(Cc3ccc(F)cc3)c3c2n(c1=O)C[C@](C)(C(=O)NC)O3. The number of pyridine rings is 2. The second kappa shape index (κ2) is 8.19. The molecule has 4 rings (SSSR count). The number of amides is 1. The summed E-state index contributed by atoms with van der Waals surface area (Å²) in [6.07, 6.45) is 1.69. The summed E-state index contributed by atoms with van der Waals surface area (Å²) in [6.45, 7) is 2.88. The molecule has 10 heteroatoms. The Bertz CT molecular complexity index is 1340. The third-order valence-electron chi connectivity index (χ3n) is 5.55. The van der Waals surface area contributed by atoms with Crippen LogP contribution in [-0.4, -0.2) is 45.8 Å². The molecule has 0 saturated carbocycles. The number of carbonyl (C=O) groups is 2. The largest absolute Gasteiger partial charge is 0.505 e. The van der Waals surface area contributed by atoms with E-state index in [4.69, 9.17) is 9.47 Å². The summed E-state index contributed by atoms with van der Waals surface area (Å²) in [5.41, 5.74) is -1.48. The Morgan fingerprint density at radius 1 is 1.33 bits per heavy atom. The van der Waals surface area contributed by atoms with Crippen molar-refractivity contribution < 1.29 is 28.6 Å². The fraction of sp³-hybridized carbons (Fsp3) is 0.304. The maximum Gasteiger partial charge on any atom is 0.347 e. The maximum absolute atomic E-state index is 13.3. The Kier molecular flexibility index (Phi) is 5.52. The second-order valence-electron chi connectivity index (χ2n) is 7.86. The van der Waals surface area contributed by atoms with Crippen LogP contribution in [0, 0.1) is 5.82 Å². The number of nitrogens with zero attached hydrogens (tertiary/aromatic N) is 2. The molecule has 2 N–H and O–H groups in total. The molecule has 1 atom stereocenters. The highest BCUT2D eigenvalue weighted by molar-refractivity contribution is 6.00. The predicted molar refractivity (Wildman–Crippen MR) is 116 cm³/mol. The van der Waals surface area contributed by atoms with Gasteiger partial charge in [0.2, 0.25) is 5.60 Å². The van der Waals surface area contributed by atoms with Crippen LogP contribution in [0.15, 0.2) is 35.3 Å². The van der Waals surface area contributed by atoms with E-state index in [1.54, 1.807) is 19.1 Å². The zero-order chi connectivity index (χ0) is 23.9. The van der Waals surface area contributed by atoms with Crippen LogP contribution < -0.4 is 15.6 Å². The van der Waals surface area contributed by atoms with Crippen molar-refractivity contribution in [3.05, 3.63) is 63.3 Å². The Hall–Kier alpha value is -3.95. The molecule has 1 amide bonds. The van der Waals surface area contributed by atoms with Gasteiger partial charge in [0.05, 0.1) is 13.2 Å². The number of hydrogen-bond donors (Lipinski definition) is 2. The highest BCUT2D eigenvalue weighted by Gasteiger charge is 2.42. The zero-order valence-electron chi connectivity index (χ0n) is 18.3. The maximum atomic E-state index is 13.3. The van der Waals surface area contributed by atoms with Crippen molar-refractivity contribution in [2.45, 2.75) is 32.4 Å². The van der Waals surface area contributed by atoms with Gasteiger partial charge in [0.25, 0.3) is 11.5 Å². The van der Waals surface area contributed by atoms with E-state index in [-0.39, 0.29) is 42.2 Å². The average Bonchev–Trinajstić information content (AvgIpc) is 2.79. The summed E-state index contributed by atoms with van der Waals surface area (Å²) >= 11 is 0. The molecule has 0 radical (unpaired) electrons. The normalized spacial score (nSPS) is 16.8. The van der Waals surface area contributed by atoms with Crippen LogP contribution in [0.2, 0.25) is 0 Å². The summed E-state index contributed by atoms with van der Waals surface area (Å²) < 4.78 is 25.6. The highest BCUT2D eigenvalue weighted by atomic mass is 19.1. The monoisotopic (exact) mass is 455 g/mol. The molecule has 3 heterocycles. The number of benzene rings is 1. The first kappa shape index (κ1) is 22.3. The molecular formula is C23H22FN3O6. The number of aromatic nitrogens is 2. The van der Waals surface area contributed by atoms with Crippen LogP contribution in [0.5, 0.6) is 11.5 Å². The third-order valence-corrected chi connectivity index (χ3v) is 5.55. The van der Waals surface area contributed by atoms with Gasteiger partial charge in [-0.1, -0.05) is 12.1 Å². The lowest BCUT2D eigenvalue weighted by atomic mass is 9.99. The van der Waals surface area contributed by atoms with Gasteiger partial charge >= 0.3 is 5.97 Å². The summed E-state index contributed by atoms with van der Waals surface area (Å²) in [5.74, 6) is -2.30. The van der Waals surface area contributed by atoms with Gasteiger partial charge in [-0.05, 0) is 31.5 Å². The summed E-state index contributed by atoms with van der Waals surface area (Å²) in [6, 6.07) is 5.83. The summed E-state index contributed by atoms with van der Waals surface area (Å²) in [4.78, 5) is 42.7. The first-order valence-corrected chi connectivity index (χ1v) is 10.3. The lowest BCUT2D eigenvalue weighted by molar-refractivity contribution is -0.136. The molecule has 33 heavy (non-hydrogen) atoms. The van der Waals surface area contributed by atoms with E-state index in [2.05, 4.69) is 10.3 Å². The minimum Gasteiger partial charge on any atom is -0.505 e. The van der Waals surface area contributed by atoms with E-state index in [1.807, 2.05) is 0 Å². The molecule has 172 valence electrons. The van der Waals surface area contributed by atoms with E-state index in [1.165, 1.54) is 36.9 Å². The van der Waals surface area contributed by atoms with E-state index in [0.717, 1.165) is 5.56 Å². The second-order valence-corrected chi connectivity index (χ2v) is 7.86. The molecule has 0 aliphatic carbocycles. The van der Waals surface area contributed by atoms with Crippen LogP contribution in [0.25, 0.3) is 11.0 Å².